The van der Waals surface area contributed by atoms with E-state index in [2.05, 4.69) is 10.3 Å². The lowest BCUT2D eigenvalue weighted by molar-refractivity contribution is -0.137. The Bertz CT molecular complexity index is 961. The molecule has 0 bridgehead atoms. The van der Waals surface area contributed by atoms with E-state index in [9.17, 15) is 18.4 Å². The van der Waals surface area contributed by atoms with Crippen LogP contribution < -0.4 is 5.32 Å². The number of hydrogen-bond donors (Lipinski definition) is 1. The van der Waals surface area contributed by atoms with Crippen LogP contribution in [-0.2, 0) is 6.18 Å². The predicted octanol–water partition coefficient (Wildman–Crippen LogP) is 5.52. The highest BCUT2D eigenvalue weighted by Gasteiger charge is 2.30. The van der Waals surface area contributed by atoms with Crippen LogP contribution in [0.25, 0.3) is 10.9 Å². The number of hydrogen-bond acceptors (Lipinski definition) is 3. The number of alkyl halides is 3. The second-order valence-corrected chi connectivity index (χ2v) is 5.46. The van der Waals surface area contributed by atoms with Gasteiger partial charge < -0.3 is 5.32 Å². The van der Waals surface area contributed by atoms with E-state index in [4.69, 9.17) is 11.6 Å². The lowest BCUT2D eigenvalue weighted by Crippen LogP contribution is -2.05. The van der Waals surface area contributed by atoms with Crippen molar-refractivity contribution in [1.29, 1.82) is 5.26 Å². The maximum atomic E-state index is 12.9. The van der Waals surface area contributed by atoms with Crippen LogP contribution in [0.3, 0.4) is 0 Å². The Morgan fingerprint density at radius 1 is 1.12 bits per heavy atom. The number of rotatable bonds is 2. The summed E-state index contributed by atoms with van der Waals surface area (Å²) < 4.78 is 38.6. The molecule has 3 aromatic rings. The molecule has 24 heavy (non-hydrogen) atoms. The normalized spacial score (nSPS) is 11.3. The van der Waals surface area contributed by atoms with Crippen LogP contribution in [0.15, 0.2) is 48.7 Å². The monoisotopic (exact) mass is 347 g/mol. The van der Waals surface area contributed by atoms with Gasteiger partial charge in [-0.25, -0.2) is 0 Å². The van der Waals surface area contributed by atoms with Crippen LogP contribution in [0.5, 0.6) is 0 Å². The number of fused-ring (bicyclic) bond motifs is 1. The van der Waals surface area contributed by atoms with Gasteiger partial charge in [-0.05, 0) is 36.4 Å². The molecule has 0 spiro atoms. The Morgan fingerprint density at radius 3 is 2.62 bits per heavy atom. The average molecular weight is 348 g/mol. The maximum Gasteiger partial charge on any atom is 0.416 e. The fraction of sp³-hybridized carbons (Fsp3) is 0.0588. The zero-order valence-electron chi connectivity index (χ0n) is 12.0. The van der Waals surface area contributed by atoms with E-state index in [1.165, 1.54) is 18.3 Å². The summed E-state index contributed by atoms with van der Waals surface area (Å²) >= 11 is 5.99. The minimum Gasteiger partial charge on any atom is -0.354 e. The molecule has 0 radical (unpaired) electrons. The van der Waals surface area contributed by atoms with Crippen molar-refractivity contribution in [2.45, 2.75) is 6.18 Å². The third-order valence-corrected chi connectivity index (χ3v) is 3.64. The summed E-state index contributed by atoms with van der Waals surface area (Å²) in [5.41, 5.74) is 0.593. The van der Waals surface area contributed by atoms with E-state index in [0.29, 0.717) is 21.6 Å². The molecule has 120 valence electrons. The molecule has 7 heteroatoms. The number of halogens is 4. The lowest BCUT2D eigenvalue weighted by atomic mass is 10.1. The van der Waals surface area contributed by atoms with Gasteiger partial charge in [0.2, 0.25) is 0 Å². The number of aromatic nitrogens is 1. The van der Waals surface area contributed by atoms with Crippen LogP contribution in [0.1, 0.15) is 11.1 Å². The largest absolute Gasteiger partial charge is 0.416 e. The minimum atomic E-state index is -4.45. The van der Waals surface area contributed by atoms with Gasteiger partial charge in [-0.1, -0.05) is 17.7 Å². The standard InChI is InChI=1S/C17H9ClF3N3/c18-12-4-5-15-14(7-12)16(10(8-22)9-23-15)24-13-3-1-2-11(6-13)17(19,20)21/h1-7,9H,(H,23,24). The van der Waals surface area contributed by atoms with Crippen molar-refractivity contribution in [2.24, 2.45) is 0 Å². The summed E-state index contributed by atoms with van der Waals surface area (Å²) in [6, 6.07) is 11.7. The molecular formula is C17H9ClF3N3. The first-order chi connectivity index (χ1) is 11.4. The molecule has 0 aliphatic rings. The van der Waals surface area contributed by atoms with Crippen LogP contribution in [0, 0.1) is 11.3 Å². The van der Waals surface area contributed by atoms with Crippen LogP contribution >= 0.6 is 11.6 Å². The number of nitrogens with one attached hydrogen (secondary N) is 1. The highest BCUT2D eigenvalue weighted by atomic mass is 35.5. The van der Waals surface area contributed by atoms with Gasteiger partial charge in [-0.15, -0.1) is 0 Å². The van der Waals surface area contributed by atoms with Gasteiger partial charge in [-0.3, -0.25) is 4.98 Å². The first kappa shape index (κ1) is 16.1. The summed E-state index contributed by atoms with van der Waals surface area (Å²) in [6.45, 7) is 0. The molecule has 1 N–H and O–H groups in total. The van der Waals surface area contributed by atoms with Gasteiger partial charge in [0.15, 0.2) is 0 Å². The van der Waals surface area contributed by atoms with Gasteiger partial charge in [0, 0.05) is 22.3 Å². The Hall–Kier alpha value is -2.78. The third-order valence-electron chi connectivity index (χ3n) is 3.41. The van der Waals surface area contributed by atoms with E-state index < -0.39 is 11.7 Å². The number of benzene rings is 2. The quantitative estimate of drug-likeness (QED) is 0.663. The average Bonchev–Trinajstić information content (AvgIpc) is 2.55. The van der Waals surface area contributed by atoms with Crippen molar-refractivity contribution < 1.29 is 13.2 Å². The first-order valence-corrected chi connectivity index (χ1v) is 7.19. The van der Waals surface area contributed by atoms with Crippen molar-refractivity contribution in [1.82, 2.24) is 4.98 Å². The highest BCUT2D eigenvalue weighted by Crippen LogP contribution is 2.34. The van der Waals surface area contributed by atoms with Crippen molar-refractivity contribution >= 4 is 33.9 Å². The Labute approximate surface area is 140 Å². The van der Waals surface area contributed by atoms with Crippen molar-refractivity contribution in [3.05, 3.63) is 64.8 Å². The van der Waals surface area contributed by atoms with Gasteiger partial charge >= 0.3 is 6.18 Å². The van der Waals surface area contributed by atoms with E-state index in [0.717, 1.165) is 12.1 Å². The topological polar surface area (TPSA) is 48.7 Å². The number of anilines is 2. The van der Waals surface area contributed by atoms with Crippen LogP contribution in [0.2, 0.25) is 5.02 Å². The van der Waals surface area contributed by atoms with E-state index in [1.807, 2.05) is 6.07 Å². The molecule has 0 aliphatic carbocycles. The van der Waals surface area contributed by atoms with Gasteiger partial charge in [0.05, 0.1) is 22.3 Å². The molecule has 3 rings (SSSR count). The Balaban J connectivity index is 2.13. The Kier molecular flexibility index (Phi) is 4.04. The molecule has 3 nitrogen and oxygen atoms in total. The summed E-state index contributed by atoms with van der Waals surface area (Å²) in [5, 5.41) is 13.1. The molecule has 0 saturated heterocycles. The molecule has 0 fully saturated rings. The summed E-state index contributed by atoms with van der Waals surface area (Å²) in [4.78, 5) is 4.15. The fourth-order valence-corrected chi connectivity index (χ4v) is 2.47. The minimum absolute atomic E-state index is 0.210. The van der Waals surface area contributed by atoms with Crippen molar-refractivity contribution in [3.63, 3.8) is 0 Å². The fourth-order valence-electron chi connectivity index (χ4n) is 2.30. The zero-order chi connectivity index (χ0) is 17.3. The molecule has 0 atom stereocenters. The SMILES string of the molecule is N#Cc1cnc2ccc(Cl)cc2c1Nc1cccc(C(F)(F)F)c1. The smallest absolute Gasteiger partial charge is 0.354 e. The number of nitriles is 1. The molecule has 0 amide bonds. The molecule has 1 heterocycles. The highest BCUT2D eigenvalue weighted by molar-refractivity contribution is 6.31. The van der Waals surface area contributed by atoms with Crippen molar-refractivity contribution in [2.75, 3.05) is 5.32 Å². The zero-order valence-corrected chi connectivity index (χ0v) is 12.8. The van der Waals surface area contributed by atoms with E-state index >= 15 is 0 Å². The van der Waals surface area contributed by atoms with Gasteiger partial charge in [0.25, 0.3) is 0 Å². The van der Waals surface area contributed by atoms with Gasteiger partial charge in [-0.2, -0.15) is 18.4 Å². The molecule has 0 saturated carbocycles. The summed E-state index contributed by atoms with van der Waals surface area (Å²) in [6.07, 6.45) is -3.08. The second-order valence-electron chi connectivity index (χ2n) is 5.02. The second kappa shape index (κ2) is 6.02. The molecule has 0 unspecified atom stereocenters. The first-order valence-electron chi connectivity index (χ1n) is 6.81. The third kappa shape index (κ3) is 3.12. The molecule has 2 aromatic carbocycles. The van der Waals surface area contributed by atoms with E-state index in [1.54, 1.807) is 18.2 Å². The van der Waals surface area contributed by atoms with Gasteiger partial charge in [0.1, 0.15) is 6.07 Å². The van der Waals surface area contributed by atoms with Crippen LogP contribution in [-0.4, -0.2) is 4.98 Å². The number of nitrogens with zero attached hydrogens (tertiary/aromatic N) is 2. The van der Waals surface area contributed by atoms with Crippen molar-refractivity contribution in [3.8, 4) is 6.07 Å². The summed E-state index contributed by atoms with van der Waals surface area (Å²) in [7, 11) is 0. The predicted molar refractivity (Wildman–Crippen MR) is 86.2 cm³/mol. The van der Waals surface area contributed by atoms with E-state index in [-0.39, 0.29) is 11.3 Å². The summed E-state index contributed by atoms with van der Waals surface area (Å²) in [5.74, 6) is 0. The maximum absolute atomic E-state index is 12.9. The molecular weight excluding hydrogens is 339 g/mol. The Morgan fingerprint density at radius 2 is 1.92 bits per heavy atom. The van der Waals surface area contributed by atoms with Crippen LogP contribution in [0.4, 0.5) is 24.5 Å². The lowest BCUT2D eigenvalue weighted by Gasteiger charge is -2.13. The number of pyridine rings is 1. The molecule has 1 aromatic heterocycles. The molecule has 0 aliphatic heterocycles.